The van der Waals surface area contributed by atoms with Gasteiger partial charge in [0, 0.05) is 32.2 Å². The Balaban J connectivity index is 1.54. The van der Waals surface area contributed by atoms with Crippen LogP contribution in [0.3, 0.4) is 0 Å². The van der Waals surface area contributed by atoms with Crippen molar-refractivity contribution in [3.8, 4) is 5.69 Å². The third-order valence-corrected chi connectivity index (χ3v) is 7.54. The highest BCUT2D eigenvalue weighted by molar-refractivity contribution is 7.89. The van der Waals surface area contributed by atoms with Crippen LogP contribution >= 0.6 is 0 Å². The van der Waals surface area contributed by atoms with Crippen LogP contribution in [0.4, 0.5) is 4.39 Å². The molecule has 1 aliphatic heterocycles. The third-order valence-electron chi connectivity index (χ3n) is 5.40. The van der Waals surface area contributed by atoms with E-state index in [1.54, 1.807) is 13.8 Å². The highest BCUT2D eigenvalue weighted by Gasteiger charge is 2.33. The predicted molar refractivity (Wildman–Crippen MR) is 115 cm³/mol. The number of sulfonamides is 1. The van der Waals surface area contributed by atoms with Crippen molar-refractivity contribution in [3.63, 3.8) is 0 Å². The van der Waals surface area contributed by atoms with E-state index in [9.17, 15) is 22.4 Å². The second-order valence-corrected chi connectivity index (χ2v) is 9.52. The average molecular weight is 476 g/mol. The molecule has 0 aliphatic carbocycles. The Kier molecular flexibility index (Phi) is 6.13. The van der Waals surface area contributed by atoms with Crippen LogP contribution in [-0.4, -0.2) is 64.6 Å². The molecule has 1 aliphatic rings. The zero-order chi connectivity index (χ0) is 23.8. The van der Waals surface area contributed by atoms with Gasteiger partial charge in [-0.25, -0.2) is 12.8 Å². The molecule has 1 saturated heterocycles. The van der Waals surface area contributed by atoms with Gasteiger partial charge < -0.3 is 9.42 Å². The maximum atomic E-state index is 13.2. The minimum atomic E-state index is -3.82. The van der Waals surface area contributed by atoms with Gasteiger partial charge in [0.25, 0.3) is 11.5 Å². The summed E-state index contributed by atoms with van der Waals surface area (Å²) in [6.45, 7) is 3.91. The first-order valence-corrected chi connectivity index (χ1v) is 11.7. The lowest BCUT2D eigenvalue weighted by molar-refractivity contribution is 0.0756. The fraction of sp³-hybridized carbons (Fsp3) is 0.333. The van der Waals surface area contributed by atoms with E-state index in [4.69, 9.17) is 4.52 Å². The van der Waals surface area contributed by atoms with Gasteiger partial charge in [0.2, 0.25) is 10.0 Å². The van der Waals surface area contributed by atoms with Crippen molar-refractivity contribution in [1.29, 1.82) is 0 Å². The highest BCUT2D eigenvalue weighted by atomic mass is 32.2. The fourth-order valence-corrected chi connectivity index (χ4v) is 5.52. The summed E-state index contributed by atoms with van der Waals surface area (Å²) in [4.78, 5) is 26.9. The lowest BCUT2D eigenvalue weighted by Crippen LogP contribution is -2.38. The predicted octanol–water partition coefficient (Wildman–Crippen LogP) is 1.51. The molecule has 0 radical (unpaired) electrons. The third kappa shape index (κ3) is 4.44. The lowest BCUT2D eigenvalue weighted by atomic mass is 10.3. The first kappa shape index (κ1) is 22.8. The molecule has 4 rings (SSSR count). The zero-order valence-corrected chi connectivity index (χ0v) is 18.9. The van der Waals surface area contributed by atoms with Crippen LogP contribution in [0.25, 0.3) is 5.69 Å². The van der Waals surface area contributed by atoms with Gasteiger partial charge in [0.05, 0.1) is 5.69 Å². The molecule has 3 heterocycles. The number of aromatic nitrogens is 3. The Labute approximate surface area is 189 Å². The van der Waals surface area contributed by atoms with Crippen LogP contribution in [0.2, 0.25) is 0 Å². The summed E-state index contributed by atoms with van der Waals surface area (Å²) >= 11 is 0. The van der Waals surface area contributed by atoms with Crippen molar-refractivity contribution in [2.24, 2.45) is 0 Å². The summed E-state index contributed by atoms with van der Waals surface area (Å²) in [7, 11) is -3.82. The molecule has 2 aromatic heterocycles. The fourth-order valence-electron chi connectivity index (χ4n) is 3.76. The number of halogens is 1. The van der Waals surface area contributed by atoms with Gasteiger partial charge in [0.1, 0.15) is 22.1 Å². The van der Waals surface area contributed by atoms with Gasteiger partial charge in [-0.05, 0) is 50.6 Å². The topological polar surface area (TPSA) is 119 Å². The number of hydrogen-bond donors (Lipinski definition) is 0. The molecule has 10 nitrogen and oxygen atoms in total. The van der Waals surface area contributed by atoms with Gasteiger partial charge >= 0.3 is 0 Å². The van der Waals surface area contributed by atoms with E-state index in [2.05, 4.69) is 10.3 Å². The standard InChI is InChI=1S/C21H22FN5O5S/c1-14-20(15(2)32-24-14)33(30,31)26-11-3-10-25(12-13-26)21(29)18-8-9-19(28)27(23-18)17-6-4-16(22)5-7-17/h4-9H,3,10-13H2,1-2H3. The van der Waals surface area contributed by atoms with Crippen LogP contribution in [0.15, 0.2) is 50.6 Å². The second kappa shape index (κ2) is 8.87. The van der Waals surface area contributed by atoms with Crippen molar-refractivity contribution in [2.75, 3.05) is 26.2 Å². The number of carbonyl (C=O) groups excluding carboxylic acids is 1. The van der Waals surface area contributed by atoms with Gasteiger partial charge in [-0.2, -0.15) is 14.1 Å². The van der Waals surface area contributed by atoms with E-state index in [0.29, 0.717) is 18.7 Å². The molecule has 3 aromatic rings. The lowest BCUT2D eigenvalue weighted by Gasteiger charge is -2.21. The average Bonchev–Trinajstić information content (AvgIpc) is 2.98. The zero-order valence-electron chi connectivity index (χ0n) is 18.1. The van der Waals surface area contributed by atoms with Gasteiger partial charge in [0.15, 0.2) is 5.76 Å². The quantitative estimate of drug-likeness (QED) is 0.561. The monoisotopic (exact) mass is 475 g/mol. The normalized spacial score (nSPS) is 15.4. The highest BCUT2D eigenvalue weighted by Crippen LogP contribution is 2.24. The number of benzene rings is 1. The van der Waals surface area contributed by atoms with Crippen LogP contribution in [0.5, 0.6) is 0 Å². The Morgan fingerprint density at radius 3 is 2.42 bits per heavy atom. The molecule has 0 bridgehead atoms. The molecule has 1 fully saturated rings. The molecule has 0 unspecified atom stereocenters. The Bertz CT molecular complexity index is 1330. The molecule has 174 valence electrons. The van der Waals surface area contributed by atoms with E-state index < -0.39 is 27.3 Å². The molecule has 1 amide bonds. The van der Waals surface area contributed by atoms with Crippen LogP contribution < -0.4 is 5.56 Å². The van der Waals surface area contributed by atoms with Crippen molar-refractivity contribution in [1.82, 2.24) is 24.1 Å². The molecule has 0 spiro atoms. The summed E-state index contributed by atoms with van der Waals surface area (Å²) in [5, 5.41) is 7.87. The molecular weight excluding hydrogens is 453 g/mol. The maximum Gasteiger partial charge on any atom is 0.274 e. The van der Waals surface area contributed by atoms with Gasteiger partial charge in [-0.1, -0.05) is 5.16 Å². The van der Waals surface area contributed by atoms with Crippen LogP contribution in [0, 0.1) is 19.7 Å². The Morgan fingerprint density at radius 1 is 1.03 bits per heavy atom. The molecule has 0 saturated carbocycles. The number of hydrogen-bond acceptors (Lipinski definition) is 7. The summed E-state index contributed by atoms with van der Waals surface area (Å²) in [5.41, 5.74) is 0.173. The summed E-state index contributed by atoms with van der Waals surface area (Å²) in [6.07, 6.45) is 0.423. The first-order chi connectivity index (χ1) is 15.7. The van der Waals surface area contributed by atoms with Crippen molar-refractivity contribution in [2.45, 2.75) is 25.2 Å². The summed E-state index contributed by atoms with van der Waals surface area (Å²) in [6, 6.07) is 7.72. The largest absolute Gasteiger partial charge is 0.360 e. The summed E-state index contributed by atoms with van der Waals surface area (Å²) in [5.74, 6) is -0.668. The minimum absolute atomic E-state index is 0.0287. The smallest absolute Gasteiger partial charge is 0.274 e. The summed E-state index contributed by atoms with van der Waals surface area (Å²) < 4.78 is 46.8. The van der Waals surface area contributed by atoms with Crippen molar-refractivity contribution < 1.29 is 22.1 Å². The number of rotatable bonds is 4. The molecule has 0 atom stereocenters. The number of carbonyl (C=O) groups is 1. The van der Waals surface area contributed by atoms with Crippen molar-refractivity contribution in [3.05, 3.63) is 69.7 Å². The molecule has 33 heavy (non-hydrogen) atoms. The number of nitrogens with zero attached hydrogens (tertiary/aromatic N) is 5. The van der Waals surface area contributed by atoms with Gasteiger partial charge in [-0.15, -0.1) is 0 Å². The molecule has 1 aromatic carbocycles. The Hall–Kier alpha value is -3.38. The van der Waals surface area contributed by atoms with E-state index >= 15 is 0 Å². The van der Waals surface area contributed by atoms with Crippen molar-refractivity contribution >= 4 is 15.9 Å². The second-order valence-electron chi connectivity index (χ2n) is 7.65. The van der Waals surface area contributed by atoms with E-state index in [1.165, 1.54) is 45.6 Å². The van der Waals surface area contributed by atoms with E-state index in [1.807, 2.05) is 0 Å². The van der Waals surface area contributed by atoms with Crippen LogP contribution in [-0.2, 0) is 10.0 Å². The first-order valence-electron chi connectivity index (χ1n) is 10.3. The van der Waals surface area contributed by atoms with Gasteiger partial charge in [-0.3, -0.25) is 9.59 Å². The Morgan fingerprint density at radius 2 is 1.76 bits per heavy atom. The minimum Gasteiger partial charge on any atom is -0.360 e. The SMILES string of the molecule is Cc1noc(C)c1S(=O)(=O)N1CCCN(C(=O)c2ccc(=O)n(-c3ccc(F)cc3)n2)CC1. The van der Waals surface area contributed by atoms with E-state index in [-0.39, 0.29) is 41.7 Å². The maximum absolute atomic E-state index is 13.2. The molecule has 12 heteroatoms. The molecule has 0 N–H and O–H groups in total. The number of aryl methyl sites for hydroxylation is 2. The van der Waals surface area contributed by atoms with Crippen LogP contribution in [0.1, 0.15) is 28.4 Å². The van der Waals surface area contributed by atoms with E-state index in [0.717, 1.165) is 4.68 Å². The molecular formula is C21H22FN5O5S. The number of amides is 1.